The molecule has 2 rings (SSSR count). The third-order valence-electron chi connectivity index (χ3n) is 3.46. The Morgan fingerprint density at radius 1 is 1.25 bits per heavy atom. The Bertz CT molecular complexity index is 820. The summed E-state index contributed by atoms with van der Waals surface area (Å²) in [5.41, 5.74) is 2.48. The first-order valence-corrected chi connectivity index (χ1v) is 8.56. The van der Waals surface area contributed by atoms with Gasteiger partial charge in [-0.15, -0.1) is 0 Å². The number of amides is 1. The molecule has 0 bridgehead atoms. The average Bonchev–Trinajstić information content (AvgIpc) is 2.55. The van der Waals surface area contributed by atoms with Gasteiger partial charge in [0.25, 0.3) is 5.91 Å². The Balaban J connectivity index is 2.20. The molecule has 5 heteroatoms. The molecule has 0 atom stereocenters. The fraction of sp³-hybridized carbons (Fsp3) is 0.158. The van der Waals surface area contributed by atoms with Crippen molar-refractivity contribution >= 4 is 45.2 Å². The van der Waals surface area contributed by atoms with Gasteiger partial charge >= 0.3 is 0 Å². The van der Waals surface area contributed by atoms with Gasteiger partial charge in [-0.2, -0.15) is 5.26 Å². The molecule has 3 nitrogen and oxygen atoms in total. The molecule has 0 unspecified atom stereocenters. The zero-order chi connectivity index (χ0) is 17.7. The fourth-order valence-corrected chi connectivity index (χ4v) is 2.79. The van der Waals surface area contributed by atoms with Crippen molar-refractivity contribution in [3.05, 3.63) is 68.7 Å². The maximum absolute atomic E-state index is 12.3. The Morgan fingerprint density at radius 2 is 1.92 bits per heavy atom. The van der Waals surface area contributed by atoms with E-state index in [9.17, 15) is 10.1 Å². The second-order valence-electron chi connectivity index (χ2n) is 5.57. The molecule has 122 valence electrons. The minimum atomic E-state index is -0.491. The predicted molar refractivity (Wildman–Crippen MR) is 102 cm³/mol. The highest BCUT2D eigenvalue weighted by Gasteiger charge is 2.11. The Morgan fingerprint density at radius 3 is 2.46 bits per heavy atom. The van der Waals surface area contributed by atoms with E-state index in [0.717, 1.165) is 10.0 Å². The molecule has 2 aromatic rings. The van der Waals surface area contributed by atoms with Crippen LogP contribution in [0.1, 0.15) is 30.9 Å². The van der Waals surface area contributed by atoms with E-state index in [0.29, 0.717) is 16.6 Å². The molecule has 0 spiro atoms. The molecule has 0 heterocycles. The molecule has 0 saturated heterocycles. The summed E-state index contributed by atoms with van der Waals surface area (Å²) in [6, 6.07) is 14.8. The summed E-state index contributed by atoms with van der Waals surface area (Å²) in [4.78, 5) is 12.3. The SMILES string of the molecule is CC(C)c1ccc(/C=C(\C#N)C(=O)Nc2ccc(Br)cc2Cl)cc1. The summed E-state index contributed by atoms with van der Waals surface area (Å²) in [6.45, 7) is 4.22. The number of benzene rings is 2. The zero-order valence-corrected chi connectivity index (χ0v) is 15.6. The number of anilines is 1. The van der Waals surface area contributed by atoms with Crippen molar-refractivity contribution in [2.45, 2.75) is 19.8 Å². The summed E-state index contributed by atoms with van der Waals surface area (Å²) in [7, 11) is 0. The highest BCUT2D eigenvalue weighted by Crippen LogP contribution is 2.26. The third-order valence-corrected chi connectivity index (χ3v) is 4.26. The van der Waals surface area contributed by atoms with Gasteiger partial charge in [0.1, 0.15) is 11.6 Å². The molecule has 0 fully saturated rings. The van der Waals surface area contributed by atoms with Gasteiger partial charge in [0.15, 0.2) is 0 Å². The first-order valence-electron chi connectivity index (χ1n) is 7.39. The van der Waals surface area contributed by atoms with Gasteiger partial charge in [-0.1, -0.05) is 65.6 Å². The molecule has 0 aliphatic heterocycles. The molecule has 0 aliphatic carbocycles. The molecular weight excluding hydrogens is 388 g/mol. The monoisotopic (exact) mass is 402 g/mol. The normalized spacial score (nSPS) is 11.2. The first-order chi connectivity index (χ1) is 11.4. The number of rotatable bonds is 4. The summed E-state index contributed by atoms with van der Waals surface area (Å²) < 4.78 is 0.812. The van der Waals surface area contributed by atoms with Crippen LogP contribution in [0.25, 0.3) is 6.08 Å². The van der Waals surface area contributed by atoms with Crippen molar-refractivity contribution in [3.63, 3.8) is 0 Å². The van der Waals surface area contributed by atoms with Crippen molar-refractivity contribution < 1.29 is 4.79 Å². The number of hydrogen-bond donors (Lipinski definition) is 1. The van der Waals surface area contributed by atoms with Gasteiger partial charge in [0.2, 0.25) is 0 Å². The standard InChI is InChI=1S/C19H16BrClN2O/c1-12(2)14-5-3-13(4-6-14)9-15(11-22)19(24)23-18-8-7-16(20)10-17(18)21/h3-10,12H,1-2H3,(H,23,24)/b15-9+. The van der Waals surface area contributed by atoms with E-state index in [1.165, 1.54) is 5.56 Å². The van der Waals surface area contributed by atoms with Crippen molar-refractivity contribution in [1.29, 1.82) is 5.26 Å². The van der Waals surface area contributed by atoms with Crippen LogP contribution in [0.3, 0.4) is 0 Å². The lowest BCUT2D eigenvalue weighted by Gasteiger charge is -2.07. The van der Waals surface area contributed by atoms with Crippen molar-refractivity contribution in [2.24, 2.45) is 0 Å². The number of nitriles is 1. The first kappa shape index (κ1) is 18.3. The van der Waals surface area contributed by atoms with E-state index in [1.807, 2.05) is 30.3 Å². The number of nitrogens with one attached hydrogen (secondary N) is 1. The lowest BCUT2D eigenvalue weighted by molar-refractivity contribution is -0.112. The lowest BCUT2D eigenvalue weighted by Crippen LogP contribution is -2.13. The summed E-state index contributed by atoms with van der Waals surface area (Å²) in [6.07, 6.45) is 1.56. The van der Waals surface area contributed by atoms with Crippen LogP contribution in [0.2, 0.25) is 5.02 Å². The lowest BCUT2D eigenvalue weighted by atomic mass is 10.0. The number of hydrogen-bond acceptors (Lipinski definition) is 2. The minimum absolute atomic E-state index is 0.0197. The van der Waals surface area contributed by atoms with E-state index in [2.05, 4.69) is 35.1 Å². The van der Waals surface area contributed by atoms with Crippen LogP contribution in [0, 0.1) is 11.3 Å². The van der Waals surface area contributed by atoms with E-state index >= 15 is 0 Å². The third kappa shape index (κ3) is 4.70. The maximum atomic E-state index is 12.3. The van der Waals surface area contributed by atoms with Crippen molar-refractivity contribution in [2.75, 3.05) is 5.32 Å². The molecule has 0 radical (unpaired) electrons. The van der Waals surface area contributed by atoms with Crippen LogP contribution >= 0.6 is 27.5 Å². The fourth-order valence-electron chi connectivity index (χ4n) is 2.07. The molecule has 1 N–H and O–H groups in total. The summed E-state index contributed by atoms with van der Waals surface area (Å²) >= 11 is 9.39. The van der Waals surface area contributed by atoms with Crippen LogP contribution in [-0.2, 0) is 4.79 Å². The molecular formula is C19H16BrClN2O. The van der Waals surface area contributed by atoms with Crippen molar-refractivity contribution in [3.8, 4) is 6.07 Å². The smallest absolute Gasteiger partial charge is 0.266 e. The van der Waals surface area contributed by atoms with Gasteiger partial charge in [0.05, 0.1) is 10.7 Å². The average molecular weight is 404 g/mol. The second-order valence-corrected chi connectivity index (χ2v) is 6.89. The minimum Gasteiger partial charge on any atom is -0.320 e. The van der Waals surface area contributed by atoms with Gasteiger partial charge in [-0.3, -0.25) is 4.79 Å². The Hall–Kier alpha value is -2.09. The topological polar surface area (TPSA) is 52.9 Å². The summed E-state index contributed by atoms with van der Waals surface area (Å²) in [5.74, 6) is -0.0593. The number of halogens is 2. The quantitative estimate of drug-likeness (QED) is 0.520. The Labute approximate surface area is 155 Å². The van der Waals surface area contributed by atoms with Gasteiger partial charge in [-0.25, -0.2) is 0 Å². The van der Waals surface area contributed by atoms with Crippen molar-refractivity contribution in [1.82, 2.24) is 0 Å². The van der Waals surface area contributed by atoms with E-state index in [-0.39, 0.29) is 5.57 Å². The number of carbonyl (C=O) groups is 1. The van der Waals surface area contributed by atoms with Crippen LogP contribution in [0.5, 0.6) is 0 Å². The molecule has 0 aromatic heterocycles. The van der Waals surface area contributed by atoms with Crippen LogP contribution in [0.4, 0.5) is 5.69 Å². The molecule has 0 aliphatic rings. The van der Waals surface area contributed by atoms with Crippen LogP contribution in [-0.4, -0.2) is 5.91 Å². The zero-order valence-electron chi connectivity index (χ0n) is 13.3. The second kappa shape index (κ2) is 8.14. The molecule has 24 heavy (non-hydrogen) atoms. The maximum Gasteiger partial charge on any atom is 0.266 e. The highest BCUT2D eigenvalue weighted by molar-refractivity contribution is 9.10. The van der Waals surface area contributed by atoms with E-state index < -0.39 is 5.91 Å². The van der Waals surface area contributed by atoms with E-state index in [4.69, 9.17) is 11.6 Å². The summed E-state index contributed by atoms with van der Waals surface area (Å²) in [5, 5.41) is 12.3. The van der Waals surface area contributed by atoms with Crippen LogP contribution in [0.15, 0.2) is 52.5 Å². The number of nitrogens with zero attached hydrogens (tertiary/aromatic N) is 1. The van der Waals surface area contributed by atoms with Gasteiger partial charge in [0, 0.05) is 4.47 Å². The largest absolute Gasteiger partial charge is 0.320 e. The van der Waals surface area contributed by atoms with Crippen LogP contribution < -0.4 is 5.32 Å². The number of carbonyl (C=O) groups excluding carboxylic acids is 1. The molecule has 2 aromatic carbocycles. The van der Waals surface area contributed by atoms with Gasteiger partial charge < -0.3 is 5.32 Å². The molecule has 0 saturated carbocycles. The molecule has 1 amide bonds. The van der Waals surface area contributed by atoms with E-state index in [1.54, 1.807) is 24.3 Å². The highest BCUT2D eigenvalue weighted by atomic mass is 79.9. The Kier molecular flexibility index (Phi) is 6.19. The predicted octanol–water partition coefficient (Wildman–Crippen LogP) is 5.77. The van der Waals surface area contributed by atoms with Gasteiger partial charge in [-0.05, 0) is 41.3 Å².